The second-order valence-electron chi connectivity index (χ2n) is 5.51. The number of halogens is 4. The topological polar surface area (TPSA) is 35.2 Å². The Morgan fingerprint density at radius 3 is 2.80 bits per heavy atom. The highest BCUT2D eigenvalue weighted by Crippen LogP contribution is 2.42. The van der Waals surface area contributed by atoms with Crippen molar-refractivity contribution in [2.45, 2.75) is 50.4 Å². The van der Waals surface area contributed by atoms with Gasteiger partial charge in [0.15, 0.2) is 0 Å². The molecule has 0 radical (unpaired) electrons. The lowest BCUT2D eigenvalue weighted by Gasteiger charge is -2.39. The lowest BCUT2D eigenvalue weighted by Crippen LogP contribution is -2.40. The number of hydrogen-bond acceptors (Lipinski definition) is 2. The summed E-state index contributed by atoms with van der Waals surface area (Å²) in [7, 11) is 0. The number of hydrogen-bond donors (Lipinski definition) is 1. The molecule has 1 aromatic rings. The van der Waals surface area contributed by atoms with E-state index in [0.717, 1.165) is 5.56 Å². The van der Waals surface area contributed by atoms with Crippen LogP contribution < -0.4 is 10.5 Å². The first-order chi connectivity index (χ1) is 9.19. The third-order valence-electron chi connectivity index (χ3n) is 3.55. The SMILES string of the molecule is CC1(CCCC(F)(F)F)C[C@H](N)c2cc(Cl)ccc2O1. The summed E-state index contributed by atoms with van der Waals surface area (Å²) in [6.45, 7) is 1.81. The molecule has 2 atom stereocenters. The molecule has 0 aromatic heterocycles. The summed E-state index contributed by atoms with van der Waals surface area (Å²) in [4.78, 5) is 0. The molecule has 0 spiro atoms. The van der Waals surface area contributed by atoms with Gasteiger partial charge in [-0.05, 0) is 38.0 Å². The second-order valence-corrected chi connectivity index (χ2v) is 5.95. The maximum atomic E-state index is 12.2. The zero-order valence-electron chi connectivity index (χ0n) is 11.1. The third kappa shape index (κ3) is 3.79. The van der Waals surface area contributed by atoms with E-state index >= 15 is 0 Å². The largest absolute Gasteiger partial charge is 0.487 e. The van der Waals surface area contributed by atoms with Gasteiger partial charge in [-0.15, -0.1) is 0 Å². The van der Waals surface area contributed by atoms with E-state index in [1.807, 2.05) is 0 Å². The van der Waals surface area contributed by atoms with E-state index in [1.165, 1.54) is 0 Å². The lowest BCUT2D eigenvalue weighted by molar-refractivity contribution is -0.137. The fourth-order valence-electron chi connectivity index (χ4n) is 2.60. The fourth-order valence-corrected chi connectivity index (χ4v) is 2.78. The Bertz CT molecular complexity index is 492. The first-order valence-corrected chi connectivity index (χ1v) is 6.87. The Balaban J connectivity index is 2.06. The lowest BCUT2D eigenvalue weighted by atomic mass is 9.85. The molecule has 1 aromatic carbocycles. The quantitative estimate of drug-likeness (QED) is 0.884. The molecule has 0 amide bonds. The third-order valence-corrected chi connectivity index (χ3v) is 3.78. The summed E-state index contributed by atoms with van der Waals surface area (Å²) in [5.41, 5.74) is 6.24. The molecule has 2 nitrogen and oxygen atoms in total. The van der Waals surface area contributed by atoms with Crippen LogP contribution in [0.5, 0.6) is 5.75 Å². The van der Waals surface area contributed by atoms with Gasteiger partial charge in [0.25, 0.3) is 0 Å². The molecule has 20 heavy (non-hydrogen) atoms. The number of rotatable bonds is 3. The molecular formula is C14H17ClF3NO. The average Bonchev–Trinajstić information content (AvgIpc) is 2.28. The summed E-state index contributed by atoms with van der Waals surface area (Å²) in [5, 5.41) is 0.573. The Morgan fingerprint density at radius 2 is 2.15 bits per heavy atom. The van der Waals surface area contributed by atoms with Crippen LogP contribution in [-0.2, 0) is 0 Å². The predicted molar refractivity (Wildman–Crippen MR) is 71.9 cm³/mol. The van der Waals surface area contributed by atoms with Gasteiger partial charge in [-0.1, -0.05) is 11.6 Å². The first kappa shape index (κ1) is 15.4. The van der Waals surface area contributed by atoms with Gasteiger partial charge in [0.05, 0.1) is 0 Å². The van der Waals surface area contributed by atoms with Gasteiger partial charge < -0.3 is 10.5 Å². The van der Waals surface area contributed by atoms with Crippen molar-refractivity contribution in [1.82, 2.24) is 0 Å². The van der Waals surface area contributed by atoms with Crippen molar-refractivity contribution in [2.75, 3.05) is 0 Å². The Morgan fingerprint density at radius 1 is 1.45 bits per heavy atom. The summed E-state index contributed by atoms with van der Waals surface area (Å²) < 4.78 is 42.5. The molecule has 0 saturated heterocycles. The minimum absolute atomic E-state index is 0.0373. The zero-order chi connectivity index (χ0) is 15.0. The van der Waals surface area contributed by atoms with Gasteiger partial charge >= 0.3 is 6.18 Å². The van der Waals surface area contributed by atoms with E-state index < -0.39 is 18.2 Å². The smallest absolute Gasteiger partial charge is 0.389 e. The molecule has 1 heterocycles. The second kappa shape index (κ2) is 5.45. The molecule has 0 saturated carbocycles. The molecule has 0 aliphatic carbocycles. The van der Waals surface area contributed by atoms with Crippen molar-refractivity contribution in [2.24, 2.45) is 5.73 Å². The molecule has 6 heteroatoms. The summed E-state index contributed by atoms with van der Waals surface area (Å²) in [6.07, 6.45) is -4.08. The number of benzene rings is 1. The fraction of sp³-hybridized carbons (Fsp3) is 0.571. The molecule has 2 rings (SSSR count). The van der Waals surface area contributed by atoms with Crippen molar-refractivity contribution in [3.63, 3.8) is 0 Å². The van der Waals surface area contributed by atoms with E-state index in [2.05, 4.69) is 0 Å². The number of nitrogens with two attached hydrogens (primary N) is 1. The van der Waals surface area contributed by atoms with Crippen LogP contribution in [0.15, 0.2) is 18.2 Å². The van der Waals surface area contributed by atoms with E-state index in [0.29, 0.717) is 23.6 Å². The minimum Gasteiger partial charge on any atom is -0.487 e. The number of fused-ring (bicyclic) bond motifs is 1. The van der Waals surface area contributed by atoms with Crippen LogP contribution in [-0.4, -0.2) is 11.8 Å². The van der Waals surface area contributed by atoms with Crippen molar-refractivity contribution >= 4 is 11.6 Å². The number of alkyl halides is 3. The highest BCUT2D eigenvalue weighted by atomic mass is 35.5. The minimum atomic E-state index is -4.13. The van der Waals surface area contributed by atoms with Crippen LogP contribution in [0.1, 0.15) is 44.2 Å². The van der Waals surface area contributed by atoms with Gasteiger partial charge in [0.2, 0.25) is 0 Å². The van der Waals surface area contributed by atoms with Crippen molar-refractivity contribution < 1.29 is 17.9 Å². The summed E-state index contributed by atoms with van der Waals surface area (Å²) in [6, 6.07) is 4.89. The Kier molecular flexibility index (Phi) is 4.21. The van der Waals surface area contributed by atoms with E-state index in [1.54, 1.807) is 25.1 Å². The van der Waals surface area contributed by atoms with Crippen LogP contribution in [0.3, 0.4) is 0 Å². The Hall–Kier alpha value is -0.940. The molecule has 1 unspecified atom stereocenters. The Labute approximate surface area is 121 Å². The van der Waals surface area contributed by atoms with Crippen LogP contribution in [0.4, 0.5) is 13.2 Å². The van der Waals surface area contributed by atoms with Gasteiger partial charge in [0.1, 0.15) is 11.4 Å². The zero-order valence-corrected chi connectivity index (χ0v) is 11.9. The predicted octanol–water partition coefficient (Wildman–Crippen LogP) is 4.61. The molecule has 0 fully saturated rings. The van der Waals surface area contributed by atoms with Gasteiger partial charge in [-0.2, -0.15) is 13.2 Å². The van der Waals surface area contributed by atoms with Gasteiger partial charge in [-0.3, -0.25) is 0 Å². The van der Waals surface area contributed by atoms with Crippen LogP contribution >= 0.6 is 11.6 Å². The maximum Gasteiger partial charge on any atom is 0.389 e. The standard InChI is InChI=1S/C14H17ClF3NO/c1-13(5-2-6-14(16,17)18)8-11(19)10-7-9(15)3-4-12(10)20-13/h3-4,7,11H,2,5-6,8,19H2,1H3/t11-,13?/m0/s1. The normalized spacial score (nSPS) is 26.0. The highest BCUT2D eigenvalue weighted by Gasteiger charge is 2.37. The summed E-state index contributed by atoms with van der Waals surface area (Å²) in [5.74, 6) is 0.614. The van der Waals surface area contributed by atoms with Crippen molar-refractivity contribution in [1.29, 1.82) is 0 Å². The van der Waals surface area contributed by atoms with E-state index in [4.69, 9.17) is 22.1 Å². The average molecular weight is 308 g/mol. The summed E-state index contributed by atoms with van der Waals surface area (Å²) >= 11 is 5.91. The highest BCUT2D eigenvalue weighted by molar-refractivity contribution is 6.30. The maximum absolute atomic E-state index is 12.2. The molecule has 1 aliphatic heterocycles. The molecular weight excluding hydrogens is 291 g/mol. The first-order valence-electron chi connectivity index (χ1n) is 6.49. The molecule has 2 N–H and O–H groups in total. The van der Waals surface area contributed by atoms with Crippen LogP contribution in [0, 0.1) is 0 Å². The van der Waals surface area contributed by atoms with Gasteiger partial charge in [-0.25, -0.2) is 0 Å². The monoisotopic (exact) mass is 307 g/mol. The van der Waals surface area contributed by atoms with Crippen LogP contribution in [0.2, 0.25) is 5.02 Å². The number of ether oxygens (including phenoxy) is 1. The van der Waals surface area contributed by atoms with Gasteiger partial charge in [0, 0.05) is 29.5 Å². The molecule has 112 valence electrons. The molecule has 1 aliphatic rings. The van der Waals surface area contributed by atoms with Crippen LogP contribution in [0.25, 0.3) is 0 Å². The van der Waals surface area contributed by atoms with E-state index in [-0.39, 0.29) is 12.5 Å². The molecule has 0 bridgehead atoms. The van der Waals surface area contributed by atoms with Crippen molar-refractivity contribution in [3.05, 3.63) is 28.8 Å². The van der Waals surface area contributed by atoms with E-state index in [9.17, 15) is 13.2 Å². The van der Waals surface area contributed by atoms with Crippen molar-refractivity contribution in [3.8, 4) is 5.75 Å².